The monoisotopic (exact) mass is 418 g/mol. The van der Waals surface area contributed by atoms with Crippen molar-refractivity contribution in [2.75, 3.05) is 50.8 Å². The molecule has 2 rings (SSSR count). The normalized spacial score (nSPS) is 15.2. The number of amides is 2. The number of anilines is 1. The van der Waals surface area contributed by atoms with Crippen LogP contribution in [-0.4, -0.2) is 67.6 Å². The zero-order chi connectivity index (χ0) is 21.8. The Morgan fingerprint density at radius 1 is 1.13 bits per heavy atom. The second-order valence-corrected chi connectivity index (χ2v) is 8.07. The first-order valence-electron chi connectivity index (χ1n) is 11.4. The van der Waals surface area contributed by atoms with E-state index >= 15 is 0 Å². The number of hydrogen-bond donors (Lipinski definition) is 1. The molecule has 0 spiro atoms. The number of ether oxygens (including phenoxy) is 1. The highest BCUT2D eigenvalue weighted by atomic mass is 16.5. The van der Waals surface area contributed by atoms with Crippen LogP contribution in [0, 0.1) is 5.92 Å². The maximum atomic E-state index is 12.3. The van der Waals surface area contributed by atoms with Gasteiger partial charge in [0.15, 0.2) is 0 Å². The van der Waals surface area contributed by atoms with Gasteiger partial charge in [-0.2, -0.15) is 0 Å². The Hall–Kier alpha value is -2.15. The SMILES string of the molecule is CCCCOCCCNC(=O)c1ccc(N2CCN(C(=O)CC(C)CC)CC2)nc1. The summed E-state index contributed by atoms with van der Waals surface area (Å²) in [6.07, 6.45) is 6.30. The molecule has 0 saturated carbocycles. The van der Waals surface area contributed by atoms with Crippen molar-refractivity contribution in [1.82, 2.24) is 15.2 Å². The van der Waals surface area contributed by atoms with Crippen molar-refractivity contribution in [2.45, 2.75) is 52.9 Å². The second-order valence-electron chi connectivity index (χ2n) is 8.07. The number of piperazine rings is 1. The second kappa shape index (κ2) is 13.2. The fraction of sp³-hybridized carbons (Fsp3) is 0.696. The Morgan fingerprint density at radius 2 is 1.87 bits per heavy atom. The largest absolute Gasteiger partial charge is 0.381 e. The molecule has 1 unspecified atom stereocenters. The molecule has 7 nitrogen and oxygen atoms in total. The highest BCUT2D eigenvalue weighted by Gasteiger charge is 2.22. The number of carbonyl (C=O) groups excluding carboxylic acids is 2. The molecule has 0 radical (unpaired) electrons. The average molecular weight is 419 g/mol. The van der Waals surface area contributed by atoms with Crippen LogP contribution in [0.4, 0.5) is 5.82 Å². The zero-order valence-electron chi connectivity index (χ0n) is 18.9. The number of rotatable bonds is 12. The molecular weight excluding hydrogens is 380 g/mol. The summed E-state index contributed by atoms with van der Waals surface area (Å²) in [6, 6.07) is 3.70. The number of nitrogens with zero attached hydrogens (tertiary/aromatic N) is 3. The van der Waals surface area contributed by atoms with Gasteiger partial charge in [0.2, 0.25) is 5.91 Å². The quantitative estimate of drug-likeness (QED) is 0.528. The van der Waals surface area contributed by atoms with Crippen LogP contribution in [0.25, 0.3) is 0 Å². The van der Waals surface area contributed by atoms with Crippen molar-refractivity contribution in [3.8, 4) is 0 Å². The number of carbonyl (C=O) groups is 2. The van der Waals surface area contributed by atoms with Gasteiger partial charge in [-0.1, -0.05) is 33.6 Å². The molecule has 2 heterocycles. The van der Waals surface area contributed by atoms with Crippen LogP contribution in [0.3, 0.4) is 0 Å². The lowest BCUT2D eigenvalue weighted by Crippen LogP contribution is -2.49. The minimum atomic E-state index is -0.108. The Kier molecular flexibility index (Phi) is 10.6. The first-order chi connectivity index (χ1) is 14.5. The predicted molar refractivity (Wildman–Crippen MR) is 120 cm³/mol. The topological polar surface area (TPSA) is 74.8 Å². The van der Waals surface area contributed by atoms with Crippen molar-refractivity contribution in [3.63, 3.8) is 0 Å². The molecule has 1 aliphatic rings. The number of pyridine rings is 1. The molecule has 1 atom stereocenters. The van der Waals surface area contributed by atoms with E-state index in [4.69, 9.17) is 4.74 Å². The molecular formula is C23H38N4O3. The maximum absolute atomic E-state index is 12.3. The molecule has 1 fully saturated rings. The molecule has 1 aromatic heterocycles. The van der Waals surface area contributed by atoms with Crippen LogP contribution in [0.5, 0.6) is 0 Å². The Bertz CT molecular complexity index is 642. The van der Waals surface area contributed by atoms with Gasteiger partial charge < -0.3 is 19.9 Å². The summed E-state index contributed by atoms with van der Waals surface area (Å²) in [6.45, 7) is 11.4. The number of nitrogens with one attached hydrogen (secondary N) is 1. The van der Waals surface area contributed by atoms with Crippen LogP contribution in [0.15, 0.2) is 18.3 Å². The van der Waals surface area contributed by atoms with Crippen molar-refractivity contribution < 1.29 is 14.3 Å². The van der Waals surface area contributed by atoms with E-state index in [0.29, 0.717) is 31.1 Å². The third-order valence-electron chi connectivity index (χ3n) is 5.58. The molecule has 0 bridgehead atoms. The summed E-state index contributed by atoms with van der Waals surface area (Å²) >= 11 is 0. The van der Waals surface area contributed by atoms with Crippen LogP contribution in [-0.2, 0) is 9.53 Å². The first kappa shape index (κ1) is 24.1. The summed E-state index contributed by atoms with van der Waals surface area (Å²) in [4.78, 5) is 33.2. The number of hydrogen-bond acceptors (Lipinski definition) is 5. The van der Waals surface area contributed by atoms with E-state index in [-0.39, 0.29) is 11.8 Å². The van der Waals surface area contributed by atoms with Crippen molar-refractivity contribution >= 4 is 17.6 Å². The Balaban J connectivity index is 1.71. The zero-order valence-corrected chi connectivity index (χ0v) is 18.9. The molecule has 30 heavy (non-hydrogen) atoms. The Morgan fingerprint density at radius 3 is 2.50 bits per heavy atom. The number of unbranched alkanes of at least 4 members (excludes halogenated alkanes) is 1. The summed E-state index contributed by atoms with van der Waals surface area (Å²) in [5.74, 6) is 1.43. The molecule has 2 amide bonds. The van der Waals surface area contributed by atoms with Gasteiger partial charge in [-0.25, -0.2) is 4.98 Å². The standard InChI is InChI=1S/C23H38N4O3/c1-4-6-15-30-16-7-10-24-23(29)20-8-9-21(25-18-20)26-11-13-27(14-12-26)22(28)17-19(3)5-2/h8-9,18-19H,4-7,10-17H2,1-3H3,(H,24,29). The van der Waals surface area contributed by atoms with Crippen molar-refractivity contribution in [1.29, 1.82) is 0 Å². The van der Waals surface area contributed by atoms with Gasteiger partial charge in [-0.3, -0.25) is 9.59 Å². The lowest BCUT2D eigenvalue weighted by Gasteiger charge is -2.35. The van der Waals surface area contributed by atoms with Gasteiger partial charge in [-0.15, -0.1) is 0 Å². The molecule has 7 heteroatoms. The van der Waals surface area contributed by atoms with Crippen LogP contribution >= 0.6 is 0 Å². The molecule has 0 aliphatic carbocycles. The Labute approximate surface area is 181 Å². The van der Waals surface area contributed by atoms with E-state index in [1.54, 1.807) is 6.20 Å². The predicted octanol–water partition coefficient (Wildman–Crippen LogP) is 3.10. The van der Waals surface area contributed by atoms with E-state index < -0.39 is 0 Å². The van der Waals surface area contributed by atoms with Crippen LogP contribution < -0.4 is 10.2 Å². The van der Waals surface area contributed by atoms with E-state index in [1.165, 1.54) is 0 Å². The van der Waals surface area contributed by atoms with Gasteiger partial charge in [0.25, 0.3) is 5.91 Å². The highest BCUT2D eigenvalue weighted by Crippen LogP contribution is 2.16. The van der Waals surface area contributed by atoms with Gasteiger partial charge in [-0.05, 0) is 30.9 Å². The van der Waals surface area contributed by atoms with Crippen molar-refractivity contribution in [3.05, 3.63) is 23.9 Å². The van der Waals surface area contributed by atoms with Crippen LogP contribution in [0.2, 0.25) is 0 Å². The fourth-order valence-electron chi connectivity index (χ4n) is 3.29. The third kappa shape index (κ3) is 7.94. The molecule has 168 valence electrons. The first-order valence-corrected chi connectivity index (χ1v) is 11.4. The maximum Gasteiger partial charge on any atom is 0.252 e. The van der Waals surface area contributed by atoms with Gasteiger partial charge in [0, 0.05) is 58.6 Å². The minimum absolute atomic E-state index is 0.108. The number of aromatic nitrogens is 1. The average Bonchev–Trinajstić information content (AvgIpc) is 2.78. The van der Waals surface area contributed by atoms with Gasteiger partial charge in [0.1, 0.15) is 5.82 Å². The van der Waals surface area contributed by atoms with E-state index in [9.17, 15) is 9.59 Å². The van der Waals surface area contributed by atoms with Crippen LogP contribution in [0.1, 0.15) is 63.2 Å². The summed E-state index contributed by atoms with van der Waals surface area (Å²) in [5.41, 5.74) is 0.563. The summed E-state index contributed by atoms with van der Waals surface area (Å²) in [7, 11) is 0. The van der Waals surface area contributed by atoms with Gasteiger partial charge >= 0.3 is 0 Å². The molecule has 1 N–H and O–H groups in total. The summed E-state index contributed by atoms with van der Waals surface area (Å²) < 4.78 is 5.50. The molecule has 1 saturated heterocycles. The lowest BCUT2D eigenvalue weighted by molar-refractivity contribution is -0.132. The van der Waals surface area contributed by atoms with E-state index in [1.807, 2.05) is 17.0 Å². The third-order valence-corrected chi connectivity index (χ3v) is 5.58. The molecule has 1 aromatic rings. The van der Waals surface area contributed by atoms with E-state index in [2.05, 4.69) is 36.0 Å². The fourth-order valence-corrected chi connectivity index (χ4v) is 3.29. The lowest BCUT2D eigenvalue weighted by atomic mass is 10.0. The highest BCUT2D eigenvalue weighted by molar-refractivity contribution is 5.94. The molecule has 0 aromatic carbocycles. The van der Waals surface area contributed by atoms with Crippen molar-refractivity contribution in [2.24, 2.45) is 5.92 Å². The smallest absolute Gasteiger partial charge is 0.252 e. The molecule has 1 aliphatic heterocycles. The minimum Gasteiger partial charge on any atom is -0.381 e. The van der Waals surface area contributed by atoms with Gasteiger partial charge in [0.05, 0.1) is 5.56 Å². The van der Waals surface area contributed by atoms with E-state index in [0.717, 1.165) is 64.3 Å². The summed E-state index contributed by atoms with van der Waals surface area (Å²) in [5, 5.41) is 2.91.